The van der Waals surface area contributed by atoms with Crippen LogP contribution in [0.15, 0.2) is 22.8 Å². The minimum absolute atomic E-state index is 0.0918. The van der Waals surface area contributed by atoms with Crippen LogP contribution in [0.25, 0.3) is 0 Å². The third-order valence-electron chi connectivity index (χ3n) is 3.13. The molecule has 6 nitrogen and oxygen atoms in total. The average molecular weight is 254 g/mol. The van der Waals surface area contributed by atoms with Crippen LogP contribution in [-0.4, -0.2) is 65.3 Å². The van der Waals surface area contributed by atoms with Gasteiger partial charge in [-0.05, 0) is 12.1 Å². The second-order valence-corrected chi connectivity index (χ2v) is 4.50. The Morgan fingerprint density at radius 1 is 1.33 bits per heavy atom. The largest absolute Gasteiger partial charge is 0.480 e. The first kappa shape index (κ1) is 13.1. The Morgan fingerprint density at radius 2 is 2.00 bits per heavy atom. The first-order chi connectivity index (χ1) is 8.65. The molecule has 1 aromatic heterocycles. The molecule has 1 atom stereocenters. The average Bonchev–Trinajstić information content (AvgIpc) is 2.84. The number of hydrogen-bond donors (Lipinski definition) is 2. The second-order valence-electron chi connectivity index (χ2n) is 4.50. The van der Waals surface area contributed by atoms with Crippen LogP contribution in [-0.2, 0) is 4.79 Å². The standard InChI is InChI=1S/C12H18N2O4/c15-10(11-2-1-7-18-11)8-13-3-5-14(6-4-13)9-12(16)17/h1-2,7,10,15H,3-6,8-9H2,(H,16,17). The van der Waals surface area contributed by atoms with Gasteiger partial charge in [-0.15, -0.1) is 0 Å². The van der Waals surface area contributed by atoms with E-state index in [4.69, 9.17) is 9.52 Å². The van der Waals surface area contributed by atoms with Crippen molar-refractivity contribution < 1.29 is 19.4 Å². The molecular formula is C12H18N2O4. The van der Waals surface area contributed by atoms with Gasteiger partial charge in [0.1, 0.15) is 11.9 Å². The Kier molecular flexibility index (Phi) is 4.35. The number of hydrogen-bond acceptors (Lipinski definition) is 5. The minimum Gasteiger partial charge on any atom is -0.480 e. The summed E-state index contributed by atoms with van der Waals surface area (Å²) in [6.45, 7) is 3.59. The van der Waals surface area contributed by atoms with Gasteiger partial charge in [0.25, 0.3) is 0 Å². The number of carbonyl (C=O) groups is 1. The molecule has 0 aliphatic carbocycles. The molecule has 18 heavy (non-hydrogen) atoms. The number of aliphatic hydroxyl groups is 1. The molecule has 1 unspecified atom stereocenters. The molecule has 0 saturated carbocycles. The van der Waals surface area contributed by atoms with Gasteiger partial charge in [0.15, 0.2) is 0 Å². The molecule has 6 heteroatoms. The van der Waals surface area contributed by atoms with Crippen molar-refractivity contribution in [2.24, 2.45) is 0 Å². The molecule has 1 fully saturated rings. The van der Waals surface area contributed by atoms with E-state index in [9.17, 15) is 9.90 Å². The fraction of sp³-hybridized carbons (Fsp3) is 0.583. The Labute approximate surface area is 105 Å². The van der Waals surface area contributed by atoms with Crippen LogP contribution in [0.2, 0.25) is 0 Å². The van der Waals surface area contributed by atoms with E-state index in [1.54, 1.807) is 18.4 Å². The highest BCUT2D eigenvalue weighted by atomic mass is 16.4. The number of carboxylic acids is 1. The predicted octanol–water partition coefficient (Wildman–Crippen LogP) is 0.0152. The molecule has 2 rings (SSSR count). The Hall–Kier alpha value is -1.37. The van der Waals surface area contributed by atoms with Crippen LogP contribution in [0.3, 0.4) is 0 Å². The molecular weight excluding hydrogens is 236 g/mol. The van der Waals surface area contributed by atoms with Crippen molar-refractivity contribution in [2.75, 3.05) is 39.3 Å². The van der Waals surface area contributed by atoms with Gasteiger partial charge in [-0.1, -0.05) is 0 Å². The van der Waals surface area contributed by atoms with Gasteiger partial charge in [-0.2, -0.15) is 0 Å². The SMILES string of the molecule is O=C(O)CN1CCN(CC(O)c2ccco2)CC1. The van der Waals surface area contributed by atoms with Crippen LogP contribution in [0, 0.1) is 0 Å². The van der Waals surface area contributed by atoms with E-state index in [1.807, 2.05) is 4.90 Å². The predicted molar refractivity (Wildman–Crippen MR) is 64.2 cm³/mol. The number of carboxylic acid groups (broad SMARTS) is 1. The lowest BCUT2D eigenvalue weighted by Gasteiger charge is -2.34. The monoisotopic (exact) mass is 254 g/mol. The lowest BCUT2D eigenvalue weighted by atomic mass is 10.2. The maximum absolute atomic E-state index is 10.6. The van der Waals surface area contributed by atoms with Crippen molar-refractivity contribution in [3.05, 3.63) is 24.2 Å². The van der Waals surface area contributed by atoms with Crippen molar-refractivity contribution in [1.29, 1.82) is 0 Å². The van der Waals surface area contributed by atoms with Gasteiger partial charge < -0.3 is 14.6 Å². The van der Waals surface area contributed by atoms with E-state index in [-0.39, 0.29) is 6.54 Å². The summed E-state index contributed by atoms with van der Waals surface area (Å²) in [5.41, 5.74) is 0. The van der Waals surface area contributed by atoms with Crippen molar-refractivity contribution in [2.45, 2.75) is 6.10 Å². The summed E-state index contributed by atoms with van der Waals surface area (Å²) in [5, 5.41) is 18.6. The lowest BCUT2D eigenvalue weighted by Crippen LogP contribution is -2.48. The summed E-state index contributed by atoms with van der Waals surface area (Å²) in [4.78, 5) is 14.6. The molecule has 1 aliphatic heterocycles. The number of aliphatic carboxylic acids is 1. The summed E-state index contributed by atoms with van der Waals surface area (Å²) >= 11 is 0. The summed E-state index contributed by atoms with van der Waals surface area (Å²) < 4.78 is 5.15. The van der Waals surface area contributed by atoms with E-state index >= 15 is 0 Å². The molecule has 1 aromatic rings. The van der Waals surface area contributed by atoms with E-state index in [0.717, 1.165) is 26.2 Å². The van der Waals surface area contributed by atoms with E-state index in [2.05, 4.69) is 4.90 Å². The highest BCUT2D eigenvalue weighted by Gasteiger charge is 2.21. The zero-order valence-corrected chi connectivity index (χ0v) is 10.2. The second kappa shape index (κ2) is 5.99. The first-order valence-electron chi connectivity index (χ1n) is 6.03. The molecule has 1 aliphatic rings. The van der Waals surface area contributed by atoms with Crippen molar-refractivity contribution in [3.8, 4) is 0 Å². The molecule has 0 aromatic carbocycles. The summed E-state index contributed by atoms with van der Waals surface area (Å²) in [7, 11) is 0. The summed E-state index contributed by atoms with van der Waals surface area (Å²) in [6.07, 6.45) is 0.926. The summed E-state index contributed by atoms with van der Waals surface area (Å²) in [6, 6.07) is 3.51. The van der Waals surface area contributed by atoms with Crippen molar-refractivity contribution in [3.63, 3.8) is 0 Å². The fourth-order valence-corrected chi connectivity index (χ4v) is 2.14. The highest BCUT2D eigenvalue weighted by molar-refractivity contribution is 5.69. The maximum atomic E-state index is 10.6. The Morgan fingerprint density at radius 3 is 2.56 bits per heavy atom. The third kappa shape index (κ3) is 3.56. The molecule has 2 N–H and O–H groups in total. The molecule has 1 saturated heterocycles. The van der Waals surface area contributed by atoms with Crippen LogP contribution in [0.1, 0.15) is 11.9 Å². The van der Waals surface area contributed by atoms with Gasteiger partial charge in [0.2, 0.25) is 0 Å². The molecule has 2 heterocycles. The topological polar surface area (TPSA) is 77.2 Å². The smallest absolute Gasteiger partial charge is 0.317 e. The number of piperazine rings is 1. The first-order valence-corrected chi connectivity index (χ1v) is 6.03. The van der Waals surface area contributed by atoms with E-state index in [0.29, 0.717) is 12.3 Å². The molecule has 0 amide bonds. The number of nitrogens with zero attached hydrogens (tertiary/aromatic N) is 2. The Balaban J connectivity index is 1.75. The third-order valence-corrected chi connectivity index (χ3v) is 3.13. The van der Waals surface area contributed by atoms with Gasteiger partial charge in [-0.25, -0.2) is 0 Å². The molecule has 0 radical (unpaired) electrons. The van der Waals surface area contributed by atoms with Crippen molar-refractivity contribution in [1.82, 2.24) is 9.80 Å². The van der Waals surface area contributed by atoms with E-state index < -0.39 is 12.1 Å². The van der Waals surface area contributed by atoms with Crippen LogP contribution >= 0.6 is 0 Å². The van der Waals surface area contributed by atoms with E-state index in [1.165, 1.54) is 0 Å². The number of aliphatic hydroxyl groups excluding tert-OH is 1. The van der Waals surface area contributed by atoms with Crippen LogP contribution in [0.5, 0.6) is 0 Å². The zero-order chi connectivity index (χ0) is 13.0. The summed E-state index contributed by atoms with van der Waals surface area (Å²) in [5.74, 6) is -0.220. The Bertz CT molecular complexity index is 371. The van der Waals surface area contributed by atoms with Gasteiger partial charge >= 0.3 is 5.97 Å². The lowest BCUT2D eigenvalue weighted by molar-refractivity contribution is -0.138. The molecule has 0 spiro atoms. The normalized spacial score (nSPS) is 19.8. The zero-order valence-electron chi connectivity index (χ0n) is 10.2. The minimum atomic E-state index is -0.793. The van der Waals surface area contributed by atoms with Gasteiger partial charge in [-0.3, -0.25) is 14.6 Å². The molecule has 100 valence electrons. The van der Waals surface area contributed by atoms with Gasteiger partial charge in [0.05, 0.1) is 12.8 Å². The van der Waals surface area contributed by atoms with Crippen LogP contribution in [0.4, 0.5) is 0 Å². The van der Waals surface area contributed by atoms with Crippen molar-refractivity contribution >= 4 is 5.97 Å². The van der Waals surface area contributed by atoms with Gasteiger partial charge in [0, 0.05) is 32.7 Å². The fourth-order valence-electron chi connectivity index (χ4n) is 2.14. The number of β-amino-alcohol motifs (C(OH)–C–C–N with tert-alkyl or cyclic N) is 1. The quantitative estimate of drug-likeness (QED) is 0.771. The number of furan rings is 1. The maximum Gasteiger partial charge on any atom is 0.317 e. The number of rotatable bonds is 5. The van der Waals surface area contributed by atoms with Crippen LogP contribution < -0.4 is 0 Å². The molecule has 0 bridgehead atoms. The highest BCUT2D eigenvalue weighted by Crippen LogP contribution is 2.15.